The Hall–Kier alpha value is -1.01. The number of carbonyl (C=O) groups is 1. The van der Waals surface area contributed by atoms with Crippen LogP contribution >= 0.6 is 24.8 Å². The molecule has 4 atom stereocenters. The second kappa shape index (κ2) is 11.1. The summed E-state index contributed by atoms with van der Waals surface area (Å²) in [5.74, 6) is 2.08. The van der Waals surface area contributed by atoms with Crippen molar-refractivity contribution in [2.75, 3.05) is 27.2 Å². The van der Waals surface area contributed by atoms with Gasteiger partial charge in [-0.25, -0.2) is 0 Å². The molecule has 1 aromatic carbocycles. The molecular weight excluding hydrogens is 385 g/mol. The number of amides is 1. The minimum absolute atomic E-state index is 0. The van der Waals surface area contributed by atoms with E-state index in [9.17, 15) is 4.79 Å². The van der Waals surface area contributed by atoms with Crippen LogP contribution in [0.15, 0.2) is 24.3 Å². The topological polar surface area (TPSA) is 67.6 Å². The van der Waals surface area contributed by atoms with Crippen LogP contribution in [0.2, 0.25) is 0 Å². The van der Waals surface area contributed by atoms with Crippen molar-refractivity contribution >= 4 is 30.7 Å². The van der Waals surface area contributed by atoms with Gasteiger partial charge in [0, 0.05) is 19.1 Å². The van der Waals surface area contributed by atoms with Crippen LogP contribution in [0.4, 0.5) is 0 Å². The maximum atomic E-state index is 12.5. The third-order valence-electron chi connectivity index (χ3n) is 5.69. The van der Waals surface area contributed by atoms with Crippen LogP contribution in [0.1, 0.15) is 31.2 Å². The van der Waals surface area contributed by atoms with Crippen molar-refractivity contribution in [1.29, 1.82) is 0 Å². The normalized spacial score (nSPS) is 25.6. The van der Waals surface area contributed by atoms with Gasteiger partial charge in [0.05, 0.1) is 12.5 Å². The van der Waals surface area contributed by atoms with Gasteiger partial charge >= 0.3 is 0 Å². The average Bonchev–Trinajstić information content (AvgIpc) is 3.18. The van der Waals surface area contributed by atoms with Crippen LogP contribution in [-0.2, 0) is 11.3 Å². The highest BCUT2D eigenvalue weighted by Gasteiger charge is 2.48. The molecule has 2 saturated carbocycles. The number of nitrogens with two attached hydrogens (primary N) is 1. The van der Waals surface area contributed by atoms with Gasteiger partial charge < -0.3 is 20.7 Å². The fraction of sp³-hybridized carbons (Fsp3) is 0.650. The van der Waals surface area contributed by atoms with Crippen molar-refractivity contribution < 1.29 is 9.53 Å². The molecule has 0 aliphatic heterocycles. The highest BCUT2D eigenvalue weighted by Crippen LogP contribution is 2.47. The lowest BCUT2D eigenvalue weighted by atomic mass is 9.84. The number of hydrogen-bond donors (Lipinski definition) is 2. The Labute approximate surface area is 175 Å². The molecule has 5 nitrogen and oxygen atoms in total. The van der Waals surface area contributed by atoms with Crippen molar-refractivity contribution in [2.45, 2.75) is 38.3 Å². The van der Waals surface area contributed by atoms with Crippen LogP contribution in [-0.4, -0.2) is 44.1 Å². The van der Waals surface area contributed by atoms with Crippen LogP contribution < -0.4 is 15.8 Å². The standard InChI is InChI=1S/C20H31N3O2.2ClH/c1-23(2)10-3-11-25-17-8-4-14(5-9-17)13-22-20(24)18-15-6-7-16(12-15)19(18)21;;/h4-5,8-9,15-16,18-19H,3,6-7,10-13,21H2,1-2H3,(H,22,24);2*1H. The number of hydrogen-bond acceptors (Lipinski definition) is 4. The van der Waals surface area contributed by atoms with Gasteiger partial charge in [0.2, 0.25) is 5.91 Å². The molecular formula is C20H33Cl2N3O2. The first kappa shape index (κ1) is 24.0. The van der Waals surface area contributed by atoms with Gasteiger partial charge in [0.25, 0.3) is 0 Å². The Kier molecular flexibility index (Phi) is 9.88. The maximum Gasteiger partial charge on any atom is 0.225 e. The lowest BCUT2D eigenvalue weighted by Crippen LogP contribution is -2.45. The Morgan fingerprint density at radius 2 is 1.85 bits per heavy atom. The Bertz CT molecular complexity index is 581. The first-order valence-electron chi connectivity index (χ1n) is 9.44. The number of nitrogens with zero attached hydrogens (tertiary/aromatic N) is 1. The second-order valence-electron chi connectivity index (χ2n) is 7.80. The molecule has 3 N–H and O–H groups in total. The summed E-state index contributed by atoms with van der Waals surface area (Å²) in [5.41, 5.74) is 7.34. The summed E-state index contributed by atoms with van der Waals surface area (Å²) in [6.45, 7) is 2.30. The predicted octanol–water partition coefficient (Wildman–Crippen LogP) is 2.85. The zero-order valence-corrected chi connectivity index (χ0v) is 17.9. The van der Waals surface area contributed by atoms with Gasteiger partial charge in [-0.15, -0.1) is 24.8 Å². The lowest BCUT2D eigenvalue weighted by molar-refractivity contribution is -0.127. The fourth-order valence-corrected chi connectivity index (χ4v) is 4.31. The van der Waals surface area contributed by atoms with E-state index in [2.05, 4.69) is 24.3 Å². The average molecular weight is 418 g/mol. The number of nitrogens with one attached hydrogen (secondary N) is 1. The van der Waals surface area contributed by atoms with Crippen molar-refractivity contribution in [3.8, 4) is 5.75 Å². The fourth-order valence-electron chi connectivity index (χ4n) is 4.31. The lowest BCUT2D eigenvalue weighted by Gasteiger charge is -2.27. The van der Waals surface area contributed by atoms with Gasteiger partial charge in [-0.2, -0.15) is 0 Å². The molecule has 4 unspecified atom stereocenters. The second-order valence-corrected chi connectivity index (χ2v) is 7.80. The summed E-state index contributed by atoms with van der Waals surface area (Å²) in [7, 11) is 4.12. The molecule has 1 aromatic rings. The minimum Gasteiger partial charge on any atom is -0.494 e. The quantitative estimate of drug-likeness (QED) is 0.638. The molecule has 0 aromatic heterocycles. The predicted molar refractivity (Wildman–Crippen MR) is 114 cm³/mol. The number of ether oxygens (including phenoxy) is 1. The van der Waals surface area contributed by atoms with Crippen molar-refractivity contribution in [3.63, 3.8) is 0 Å². The van der Waals surface area contributed by atoms with Gasteiger partial charge in [-0.3, -0.25) is 4.79 Å². The molecule has 2 aliphatic rings. The van der Waals surface area contributed by atoms with E-state index in [0.717, 1.165) is 43.7 Å². The SMILES string of the molecule is CN(C)CCCOc1ccc(CNC(=O)C2C3CCC(C3)C2N)cc1.Cl.Cl. The maximum absolute atomic E-state index is 12.5. The zero-order chi connectivity index (χ0) is 17.8. The molecule has 3 rings (SSSR count). The van der Waals surface area contributed by atoms with Gasteiger partial charge in [0.1, 0.15) is 5.75 Å². The molecule has 27 heavy (non-hydrogen) atoms. The Balaban J connectivity index is 0.00000182. The molecule has 1 amide bonds. The van der Waals surface area contributed by atoms with E-state index in [1.165, 1.54) is 6.42 Å². The highest BCUT2D eigenvalue weighted by atomic mass is 35.5. The van der Waals surface area contributed by atoms with E-state index in [0.29, 0.717) is 18.4 Å². The summed E-state index contributed by atoms with van der Waals surface area (Å²) >= 11 is 0. The Morgan fingerprint density at radius 1 is 1.19 bits per heavy atom. The number of benzene rings is 1. The molecule has 2 bridgehead atoms. The summed E-state index contributed by atoms with van der Waals surface area (Å²) in [6.07, 6.45) is 4.51. The summed E-state index contributed by atoms with van der Waals surface area (Å²) < 4.78 is 5.74. The monoisotopic (exact) mass is 417 g/mol. The van der Waals surface area contributed by atoms with Gasteiger partial charge in [-0.05, 0) is 69.3 Å². The van der Waals surface area contributed by atoms with E-state index in [4.69, 9.17) is 10.5 Å². The van der Waals surface area contributed by atoms with Crippen molar-refractivity contribution in [3.05, 3.63) is 29.8 Å². The van der Waals surface area contributed by atoms with E-state index in [1.807, 2.05) is 24.3 Å². The molecule has 7 heteroatoms. The molecule has 0 heterocycles. The summed E-state index contributed by atoms with van der Waals surface area (Å²) in [5, 5.41) is 3.08. The van der Waals surface area contributed by atoms with Crippen LogP contribution in [0, 0.1) is 17.8 Å². The molecule has 2 fully saturated rings. The summed E-state index contributed by atoms with van der Waals surface area (Å²) in [4.78, 5) is 14.6. The third kappa shape index (κ3) is 6.24. The number of rotatable bonds is 8. The Morgan fingerprint density at radius 3 is 2.44 bits per heavy atom. The van der Waals surface area contributed by atoms with E-state index >= 15 is 0 Å². The molecule has 0 spiro atoms. The first-order chi connectivity index (χ1) is 12.0. The highest BCUT2D eigenvalue weighted by molar-refractivity contribution is 5.85. The molecule has 2 aliphatic carbocycles. The van der Waals surface area contributed by atoms with E-state index in [1.54, 1.807) is 0 Å². The summed E-state index contributed by atoms with van der Waals surface area (Å²) in [6, 6.07) is 8.03. The number of carbonyl (C=O) groups excluding carboxylic acids is 1. The van der Waals surface area contributed by atoms with Gasteiger partial charge in [0.15, 0.2) is 0 Å². The zero-order valence-electron chi connectivity index (χ0n) is 16.2. The largest absolute Gasteiger partial charge is 0.494 e. The third-order valence-corrected chi connectivity index (χ3v) is 5.69. The van der Waals surface area contributed by atoms with Gasteiger partial charge in [-0.1, -0.05) is 12.1 Å². The molecule has 0 saturated heterocycles. The van der Waals surface area contributed by atoms with Crippen LogP contribution in [0.5, 0.6) is 5.75 Å². The van der Waals surface area contributed by atoms with Crippen molar-refractivity contribution in [2.24, 2.45) is 23.5 Å². The molecule has 0 radical (unpaired) electrons. The van der Waals surface area contributed by atoms with Crippen LogP contribution in [0.3, 0.4) is 0 Å². The molecule has 154 valence electrons. The minimum atomic E-state index is 0. The smallest absolute Gasteiger partial charge is 0.225 e. The van der Waals surface area contributed by atoms with Crippen molar-refractivity contribution in [1.82, 2.24) is 10.2 Å². The number of fused-ring (bicyclic) bond motifs is 2. The number of halogens is 2. The van der Waals surface area contributed by atoms with Crippen LogP contribution in [0.25, 0.3) is 0 Å². The van der Waals surface area contributed by atoms with E-state index in [-0.39, 0.29) is 42.7 Å². The van der Waals surface area contributed by atoms with E-state index < -0.39 is 0 Å². The first-order valence-corrected chi connectivity index (χ1v) is 9.44.